The van der Waals surface area contributed by atoms with Gasteiger partial charge in [-0.25, -0.2) is 13.2 Å². The van der Waals surface area contributed by atoms with Crippen molar-refractivity contribution in [3.63, 3.8) is 0 Å². The molecule has 2 rings (SSSR count). The topological polar surface area (TPSA) is 26.0 Å². The second kappa shape index (κ2) is 5.89. The molecule has 0 aromatic heterocycles. The predicted octanol–water partition coefficient (Wildman–Crippen LogP) is 3.39. The Hall–Kier alpha value is -1.81. The van der Waals surface area contributed by atoms with Crippen molar-refractivity contribution < 1.29 is 13.2 Å². The van der Waals surface area contributed by atoms with E-state index >= 15 is 0 Å². The highest BCUT2D eigenvalue weighted by molar-refractivity contribution is 5.27. The van der Waals surface area contributed by atoms with Gasteiger partial charge in [-0.2, -0.15) is 0 Å². The highest BCUT2D eigenvalue weighted by atomic mass is 19.2. The van der Waals surface area contributed by atoms with Crippen molar-refractivity contribution >= 4 is 0 Å². The summed E-state index contributed by atoms with van der Waals surface area (Å²) in [6.07, 6.45) is 0.168. The smallest absolute Gasteiger partial charge is 0.162 e. The standard InChI is InChI=1S/C15H14F3N/c16-13-6-2-1-5-12(13)11(9-19)8-10-4-3-7-14(17)15(10)18/h1-7,11H,8-9,19H2. The normalized spacial score (nSPS) is 12.4. The Kier molecular flexibility index (Phi) is 4.22. The van der Waals surface area contributed by atoms with Gasteiger partial charge in [-0.05, 0) is 36.2 Å². The number of rotatable bonds is 4. The van der Waals surface area contributed by atoms with Crippen molar-refractivity contribution in [1.82, 2.24) is 0 Å². The summed E-state index contributed by atoms with van der Waals surface area (Å²) in [5.41, 5.74) is 6.26. The molecule has 0 saturated carbocycles. The fourth-order valence-corrected chi connectivity index (χ4v) is 2.10. The van der Waals surface area contributed by atoms with Crippen LogP contribution in [0.25, 0.3) is 0 Å². The SMILES string of the molecule is NCC(Cc1cccc(F)c1F)c1ccccc1F. The van der Waals surface area contributed by atoms with Crippen LogP contribution in [0.3, 0.4) is 0 Å². The van der Waals surface area contributed by atoms with E-state index in [0.29, 0.717) is 5.56 Å². The summed E-state index contributed by atoms with van der Waals surface area (Å²) in [4.78, 5) is 0. The van der Waals surface area contributed by atoms with Crippen LogP contribution >= 0.6 is 0 Å². The quantitative estimate of drug-likeness (QED) is 0.901. The highest BCUT2D eigenvalue weighted by Gasteiger charge is 2.17. The zero-order chi connectivity index (χ0) is 13.8. The predicted molar refractivity (Wildman–Crippen MR) is 68.3 cm³/mol. The maximum Gasteiger partial charge on any atom is 0.162 e. The minimum Gasteiger partial charge on any atom is -0.330 e. The molecule has 0 fully saturated rings. The molecular weight excluding hydrogens is 251 g/mol. The molecule has 0 aliphatic heterocycles. The van der Waals surface area contributed by atoms with E-state index in [1.807, 2.05) is 0 Å². The monoisotopic (exact) mass is 265 g/mol. The summed E-state index contributed by atoms with van der Waals surface area (Å²) in [6, 6.07) is 10.2. The van der Waals surface area contributed by atoms with Crippen LogP contribution in [0.4, 0.5) is 13.2 Å². The lowest BCUT2D eigenvalue weighted by atomic mass is 9.91. The molecule has 0 radical (unpaired) electrons. The third-order valence-corrected chi connectivity index (χ3v) is 3.13. The molecule has 1 nitrogen and oxygen atoms in total. The molecule has 2 aromatic rings. The molecule has 1 atom stereocenters. The van der Waals surface area contributed by atoms with Crippen LogP contribution in [0.2, 0.25) is 0 Å². The molecule has 19 heavy (non-hydrogen) atoms. The first kappa shape index (κ1) is 13.6. The third-order valence-electron chi connectivity index (χ3n) is 3.13. The van der Waals surface area contributed by atoms with E-state index in [9.17, 15) is 13.2 Å². The molecule has 0 bridgehead atoms. The second-order valence-corrected chi connectivity index (χ2v) is 4.37. The Morgan fingerprint density at radius 1 is 0.895 bits per heavy atom. The van der Waals surface area contributed by atoms with Crippen molar-refractivity contribution in [1.29, 1.82) is 0 Å². The van der Waals surface area contributed by atoms with Crippen LogP contribution in [-0.4, -0.2) is 6.54 Å². The lowest BCUT2D eigenvalue weighted by Gasteiger charge is -2.16. The fourth-order valence-electron chi connectivity index (χ4n) is 2.10. The maximum absolute atomic E-state index is 13.7. The van der Waals surface area contributed by atoms with Gasteiger partial charge in [-0.15, -0.1) is 0 Å². The summed E-state index contributed by atoms with van der Waals surface area (Å²) in [6.45, 7) is 0.164. The Bertz CT molecular complexity index is 569. The van der Waals surface area contributed by atoms with Crippen molar-refractivity contribution in [3.8, 4) is 0 Å². The molecule has 100 valence electrons. The van der Waals surface area contributed by atoms with Crippen LogP contribution in [0.5, 0.6) is 0 Å². The van der Waals surface area contributed by atoms with E-state index in [2.05, 4.69) is 0 Å². The Labute approximate surface area is 109 Å². The van der Waals surface area contributed by atoms with Gasteiger partial charge in [-0.3, -0.25) is 0 Å². The van der Waals surface area contributed by atoms with Crippen LogP contribution in [0, 0.1) is 17.5 Å². The van der Waals surface area contributed by atoms with E-state index in [0.717, 1.165) is 6.07 Å². The Morgan fingerprint density at radius 2 is 1.58 bits per heavy atom. The largest absolute Gasteiger partial charge is 0.330 e. The molecule has 2 N–H and O–H groups in total. The van der Waals surface area contributed by atoms with Gasteiger partial charge < -0.3 is 5.73 Å². The summed E-state index contributed by atoms with van der Waals surface area (Å²) in [7, 11) is 0. The van der Waals surface area contributed by atoms with Gasteiger partial charge in [0, 0.05) is 5.92 Å². The first-order valence-electron chi connectivity index (χ1n) is 6.01. The van der Waals surface area contributed by atoms with Crippen molar-refractivity contribution in [2.75, 3.05) is 6.54 Å². The minimum absolute atomic E-state index is 0.164. The van der Waals surface area contributed by atoms with Gasteiger partial charge >= 0.3 is 0 Å². The Balaban J connectivity index is 2.30. The molecule has 0 aliphatic carbocycles. The summed E-state index contributed by atoms with van der Waals surface area (Å²) >= 11 is 0. The average Bonchev–Trinajstić information content (AvgIpc) is 2.41. The van der Waals surface area contributed by atoms with Crippen LogP contribution < -0.4 is 5.73 Å². The molecule has 0 saturated heterocycles. The van der Waals surface area contributed by atoms with Crippen LogP contribution in [0.15, 0.2) is 42.5 Å². The van der Waals surface area contributed by atoms with Gasteiger partial charge in [0.25, 0.3) is 0 Å². The van der Waals surface area contributed by atoms with Gasteiger partial charge in [0.1, 0.15) is 5.82 Å². The van der Waals surface area contributed by atoms with Crippen LogP contribution in [-0.2, 0) is 6.42 Å². The van der Waals surface area contributed by atoms with Crippen molar-refractivity contribution in [3.05, 3.63) is 71.0 Å². The van der Waals surface area contributed by atoms with E-state index in [1.165, 1.54) is 18.2 Å². The van der Waals surface area contributed by atoms with Gasteiger partial charge in [0.2, 0.25) is 0 Å². The number of nitrogens with two attached hydrogens (primary N) is 1. The lowest BCUT2D eigenvalue weighted by Crippen LogP contribution is -2.17. The summed E-state index contributed by atoms with van der Waals surface area (Å²) < 4.78 is 40.4. The van der Waals surface area contributed by atoms with Gasteiger partial charge in [0.05, 0.1) is 0 Å². The molecule has 4 heteroatoms. The third kappa shape index (κ3) is 2.96. The molecule has 0 spiro atoms. The molecule has 0 amide bonds. The second-order valence-electron chi connectivity index (χ2n) is 4.37. The summed E-state index contributed by atoms with van der Waals surface area (Å²) in [5.74, 6) is -2.55. The first-order valence-corrected chi connectivity index (χ1v) is 6.01. The molecule has 2 aromatic carbocycles. The highest BCUT2D eigenvalue weighted by Crippen LogP contribution is 2.24. The van der Waals surface area contributed by atoms with Crippen molar-refractivity contribution in [2.45, 2.75) is 12.3 Å². The number of benzene rings is 2. The van der Waals surface area contributed by atoms with Crippen LogP contribution in [0.1, 0.15) is 17.0 Å². The molecule has 1 unspecified atom stereocenters. The average molecular weight is 265 g/mol. The fraction of sp³-hybridized carbons (Fsp3) is 0.200. The molecule has 0 aliphatic rings. The van der Waals surface area contributed by atoms with E-state index in [-0.39, 0.29) is 30.3 Å². The zero-order valence-corrected chi connectivity index (χ0v) is 10.2. The molecular formula is C15H14F3N. The lowest BCUT2D eigenvalue weighted by molar-refractivity contribution is 0.491. The van der Waals surface area contributed by atoms with Crippen molar-refractivity contribution in [2.24, 2.45) is 5.73 Å². The van der Waals surface area contributed by atoms with E-state index < -0.39 is 11.6 Å². The number of hydrogen-bond donors (Lipinski definition) is 1. The van der Waals surface area contributed by atoms with Gasteiger partial charge in [-0.1, -0.05) is 30.3 Å². The summed E-state index contributed by atoms with van der Waals surface area (Å²) in [5, 5.41) is 0. The maximum atomic E-state index is 13.7. The Morgan fingerprint density at radius 3 is 2.26 bits per heavy atom. The minimum atomic E-state index is -0.901. The number of hydrogen-bond acceptors (Lipinski definition) is 1. The number of halogens is 3. The van der Waals surface area contributed by atoms with E-state index in [1.54, 1.807) is 18.2 Å². The molecule has 0 heterocycles. The van der Waals surface area contributed by atoms with E-state index in [4.69, 9.17) is 5.73 Å². The first-order chi connectivity index (χ1) is 9.13. The van der Waals surface area contributed by atoms with Gasteiger partial charge in [0.15, 0.2) is 11.6 Å². The zero-order valence-electron chi connectivity index (χ0n) is 10.2.